The van der Waals surface area contributed by atoms with Crippen molar-refractivity contribution in [2.45, 2.75) is 13.3 Å². The van der Waals surface area contributed by atoms with E-state index in [1.807, 2.05) is 48.2 Å². The van der Waals surface area contributed by atoms with Gasteiger partial charge in [-0.15, -0.1) is 0 Å². The molecule has 1 heterocycles. The Labute approximate surface area is 129 Å². The van der Waals surface area contributed by atoms with Crippen molar-refractivity contribution in [2.75, 3.05) is 11.4 Å². The van der Waals surface area contributed by atoms with Crippen LogP contribution >= 0.6 is 11.6 Å². The van der Waals surface area contributed by atoms with Crippen LogP contribution in [0.2, 0.25) is 5.02 Å². The van der Waals surface area contributed by atoms with Crippen LogP contribution < -0.4 is 9.64 Å². The smallest absolute Gasteiger partial charge is 0.229 e. The second-order valence-corrected chi connectivity index (χ2v) is 5.67. The summed E-state index contributed by atoms with van der Waals surface area (Å²) in [6.45, 7) is 2.76. The van der Waals surface area contributed by atoms with Gasteiger partial charge in [-0.3, -0.25) is 4.79 Å². The minimum Gasteiger partial charge on any atom is -0.457 e. The number of benzene rings is 2. The Morgan fingerprint density at radius 2 is 1.62 bits per heavy atom. The lowest BCUT2D eigenvalue weighted by atomic mass is 10.1. The van der Waals surface area contributed by atoms with Gasteiger partial charge < -0.3 is 9.64 Å². The minimum atomic E-state index is 0.120. The Hall–Kier alpha value is -2.00. The third kappa shape index (κ3) is 3.03. The molecule has 0 radical (unpaired) electrons. The van der Waals surface area contributed by atoms with E-state index in [0.29, 0.717) is 5.02 Å². The average molecular weight is 302 g/mol. The lowest BCUT2D eigenvalue weighted by molar-refractivity contribution is -0.119. The molecule has 1 atom stereocenters. The van der Waals surface area contributed by atoms with Gasteiger partial charge in [-0.25, -0.2) is 0 Å². The van der Waals surface area contributed by atoms with Gasteiger partial charge in [-0.1, -0.05) is 18.5 Å². The maximum Gasteiger partial charge on any atom is 0.229 e. The van der Waals surface area contributed by atoms with Crippen molar-refractivity contribution < 1.29 is 9.53 Å². The highest BCUT2D eigenvalue weighted by molar-refractivity contribution is 6.30. The number of amides is 1. The summed E-state index contributed by atoms with van der Waals surface area (Å²) in [7, 11) is 0. The average Bonchev–Trinajstić information content (AvgIpc) is 2.83. The molecule has 4 heteroatoms. The predicted molar refractivity (Wildman–Crippen MR) is 84.1 cm³/mol. The Balaban J connectivity index is 1.72. The molecule has 0 N–H and O–H groups in total. The van der Waals surface area contributed by atoms with Gasteiger partial charge in [0.2, 0.25) is 5.91 Å². The quantitative estimate of drug-likeness (QED) is 0.835. The number of nitrogens with zero attached hydrogens (tertiary/aromatic N) is 1. The number of rotatable bonds is 3. The fourth-order valence-corrected chi connectivity index (χ4v) is 2.54. The molecule has 0 aliphatic carbocycles. The summed E-state index contributed by atoms with van der Waals surface area (Å²) in [4.78, 5) is 13.8. The molecule has 1 aliphatic rings. The molecule has 3 nitrogen and oxygen atoms in total. The van der Waals surface area contributed by atoms with E-state index < -0.39 is 0 Å². The molecule has 1 fully saturated rings. The summed E-state index contributed by atoms with van der Waals surface area (Å²) in [5.41, 5.74) is 0.924. The molecule has 2 aromatic carbocycles. The molecule has 1 aliphatic heterocycles. The van der Waals surface area contributed by atoms with Crippen molar-refractivity contribution in [1.82, 2.24) is 0 Å². The van der Waals surface area contributed by atoms with E-state index in [0.717, 1.165) is 30.2 Å². The summed E-state index contributed by atoms with van der Waals surface area (Å²) in [6, 6.07) is 14.8. The summed E-state index contributed by atoms with van der Waals surface area (Å²) in [5, 5.41) is 0.680. The van der Waals surface area contributed by atoms with Crippen molar-refractivity contribution in [3.63, 3.8) is 0 Å². The number of carbonyl (C=O) groups excluding carboxylic acids is 1. The third-order valence-corrected chi connectivity index (χ3v) is 3.92. The monoisotopic (exact) mass is 301 g/mol. The number of anilines is 1. The Bertz CT molecular complexity index is 637. The van der Waals surface area contributed by atoms with Crippen LogP contribution in [-0.4, -0.2) is 12.5 Å². The van der Waals surface area contributed by atoms with Gasteiger partial charge in [0.15, 0.2) is 0 Å². The second kappa shape index (κ2) is 5.78. The molecule has 21 heavy (non-hydrogen) atoms. The zero-order valence-electron chi connectivity index (χ0n) is 11.8. The fourth-order valence-electron chi connectivity index (χ4n) is 2.41. The number of hydrogen-bond donors (Lipinski definition) is 0. The van der Waals surface area contributed by atoms with E-state index in [2.05, 4.69) is 0 Å². The highest BCUT2D eigenvalue weighted by Gasteiger charge is 2.28. The summed E-state index contributed by atoms with van der Waals surface area (Å²) in [6.07, 6.45) is 0.919. The largest absolute Gasteiger partial charge is 0.457 e. The molecule has 0 aromatic heterocycles. The standard InChI is InChI=1S/C17H16ClNO2/c1-12-10-11-19(17(12)20)14-4-8-16(9-5-14)21-15-6-2-13(18)3-7-15/h2-9,12H,10-11H2,1H3. The van der Waals surface area contributed by atoms with Crippen molar-refractivity contribution >= 4 is 23.2 Å². The van der Waals surface area contributed by atoms with Crippen LogP contribution in [0.15, 0.2) is 48.5 Å². The van der Waals surface area contributed by atoms with Gasteiger partial charge in [0.05, 0.1) is 0 Å². The van der Waals surface area contributed by atoms with Gasteiger partial charge in [0, 0.05) is 23.2 Å². The first-order valence-corrected chi connectivity index (χ1v) is 7.36. The maximum absolute atomic E-state index is 12.0. The van der Waals surface area contributed by atoms with Crippen LogP contribution in [0, 0.1) is 5.92 Å². The van der Waals surface area contributed by atoms with E-state index in [9.17, 15) is 4.79 Å². The first-order chi connectivity index (χ1) is 10.1. The lowest BCUT2D eigenvalue weighted by Crippen LogP contribution is -2.25. The van der Waals surface area contributed by atoms with Gasteiger partial charge in [-0.05, 0) is 55.0 Å². The Morgan fingerprint density at radius 3 is 2.14 bits per heavy atom. The van der Waals surface area contributed by atoms with Crippen LogP contribution in [0.25, 0.3) is 0 Å². The van der Waals surface area contributed by atoms with Gasteiger partial charge in [0.1, 0.15) is 11.5 Å². The molecule has 0 bridgehead atoms. The number of carbonyl (C=O) groups is 1. The molecule has 3 rings (SSSR count). The van der Waals surface area contributed by atoms with Crippen LogP contribution in [0.1, 0.15) is 13.3 Å². The number of halogens is 1. The number of ether oxygens (including phenoxy) is 1. The maximum atomic E-state index is 12.0. The van der Waals surface area contributed by atoms with Crippen LogP contribution in [0.4, 0.5) is 5.69 Å². The molecule has 0 spiro atoms. The molecule has 1 saturated heterocycles. The van der Waals surface area contributed by atoms with E-state index in [4.69, 9.17) is 16.3 Å². The Kier molecular flexibility index (Phi) is 3.84. The minimum absolute atomic E-state index is 0.120. The normalized spacial score (nSPS) is 18.1. The molecule has 0 saturated carbocycles. The third-order valence-electron chi connectivity index (χ3n) is 3.67. The van der Waals surface area contributed by atoms with Gasteiger partial charge in [-0.2, -0.15) is 0 Å². The molecular weight excluding hydrogens is 286 g/mol. The van der Waals surface area contributed by atoms with Crippen LogP contribution in [0.3, 0.4) is 0 Å². The van der Waals surface area contributed by atoms with Crippen molar-refractivity contribution in [3.8, 4) is 11.5 Å². The highest BCUT2D eigenvalue weighted by Crippen LogP contribution is 2.28. The summed E-state index contributed by atoms with van der Waals surface area (Å²) >= 11 is 5.84. The van der Waals surface area contributed by atoms with E-state index >= 15 is 0 Å². The molecule has 2 aromatic rings. The molecular formula is C17H16ClNO2. The molecule has 1 amide bonds. The van der Waals surface area contributed by atoms with Gasteiger partial charge >= 0.3 is 0 Å². The topological polar surface area (TPSA) is 29.5 Å². The van der Waals surface area contributed by atoms with Crippen molar-refractivity contribution in [2.24, 2.45) is 5.92 Å². The molecule has 108 valence electrons. The first-order valence-electron chi connectivity index (χ1n) is 6.98. The molecule has 1 unspecified atom stereocenters. The lowest BCUT2D eigenvalue weighted by Gasteiger charge is -2.16. The van der Waals surface area contributed by atoms with E-state index in [1.165, 1.54) is 0 Å². The highest BCUT2D eigenvalue weighted by atomic mass is 35.5. The summed E-state index contributed by atoms with van der Waals surface area (Å²) < 4.78 is 5.74. The summed E-state index contributed by atoms with van der Waals surface area (Å²) in [5.74, 6) is 1.79. The zero-order chi connectivity index (χ0) is 14.8. The number of hydrogen-bond acceptors (Lipinski definition) is 2. The van der Waals surface area contributed by atoms with E-state index in [1.54, 1.807) is 12.1 Å². The van der Waals surface area contributed by atoms with Crippen LogP contribution in [0.5, 0.6) is 11.5 Å². The SMILES string of the molecule is CC1CCN(c2ccc(Oc3ccc(Cl)cc3)cc2)C1=O. The van der Waals surface area contributed by atoms with Gasteiger partial charge in [0.25, 0.3) is 0 Å². The van der Waals surface area contributed by atoms with Crippen LogP contribution in [-0.2, 0) is 4.79 Å². The van der Waals surface area contributed by atoms with Crippen molar-refractivity contribution in [3.05, 3.63) is 53.6 Å². The zero-order valence-corrected chi connectivity index (χ0v) is 12.5. The fraction of sp³-hybridized carbons (Fsp3) is 0.235. The first kappa shape index (κ1) is 14.0. The predicted octanol–water partition coefficient (Wildman–Crippen LogP) is 4.51. The van der Waals surface area contributed by atoms with E-state index in [-0.39, 0.29) is 11.8 Å². The van der Waals surface area contributed by atoms with Crippen molar-refractivity contribution in [1.29, 1.82) is 0 Å². The second-order valence-electron chi connectivity index (χ2n) is 5.23. The Morgan fingerprint density at radius 1 is 1.05 bits per heavy atom.